The molecule has 0 saturated carbocycles. The van der Waals surface area contributed by atoms with Crippen LogP contribution in [0.2, 0.25) is 0 Å². The Morgan fingerprint density at radius 1 is 1.67 bits per heavy atom. The molecule has 3 heteroatoms. The van der Waals surface area contributed by atoms with E-state index in [0.29, 0.717) is 9.38 Å². The lowest BCUT2D eigenvalue weighted by molar-refractivity contribution is -0.205. The molecule has 1 aliphatic rings. The van der Waals surface area contributed by atoms with E-state index >= 15 is 0 Å². The summed E-state index contributed by atoms with van der Waals surface area (Å²) in [6.07, 6.45) is 1.04. The molecule has 0 N–H and O–H groups in total. The normalized spacial score (nSPS) is 20.0. The van der Waals surface area contributed by atoms with Gasteiger partial charge in [0.05, 0.1) is 6.61 Å². The van der Waals surface area contributed by atoms with E-state index in [1.807, 2.05) is 0 Å². The maximum Gasteiger partial charge on any atom is 0.337 e. The fourth-order valence-corrected chi connectivity index (χ4v) is 0.731. The minimum absolute atomic E-state index is 0.454. The Bertz CT molecular complexity index is 53.8. The minimum atomic E-state index is 0.454. The summed E-state index contributed by atoms with van der Waals surface area (Å²) in [7, 11) is 0.454. The topological polar surface area (TPSA) is 18.5 Å². The highest BCUT2D eigenvalue weighted by Crippen LogP contribution is 1.81. The Kier molecular flexibility index (Phi) is 1.41. The van der Waals surface area contributed by atoms with Gasteiger partial charge in [-0.05, 0) is 6.42 Å². The summed E-state index contributed by atoms with van der Waals surface area (Å²) >= 11 is 0. The van der Waals surface area contributed by atoms with Gasteiger partial charge in [-0.2, -0.15) is 0 Å². The second kappa shape index (κ2) is 2.10. The first-order valence-electron chi connectivity index (χ1n) is 1.86. The zero-order valence-electron chi connectivity index (χ0n) is 3.31. The van der Waals surface area contributed by atoms with E-state index in [1.165, 1.54) is 0 Å². The summed E-state index contributed by atoms with van der Waals surface area (Å²) in [5, 5.41) is 0. The molecule has 0 saturated heterocycles. The lowest BCUT2D eigenvalue weighted by Gasteiger charge is -2.01. The highest BCUT2D eigenvalue weighted by Gasteiger charge is 1.88. The van der Waals surface area contributed by atoms with Crippen LogP contribution in [-0.2, 0) is 9.46 Å². The molecular formula is C3H5O2Si. The molecule has 0 amide bonds. The molecule has 1 heterocycles. The Balaban J connectivity index is 2.26. The summed E-state index contributed by atoms with van der Waals surface area (Å²) in [5.74, 6) is 0. The van der Waals surface area contributed by atoms with E-state index in [0.717, 1.165) is 13.0 Å². The van der Waals surface area contributed by atoms with E-state index in [9.17, 15) is 0 Å². The lowest BCUT2D eigenvalue weighted by atomic mass is 10.5. The van der Waals surface area contributed by atoms with Crippen LogP contribution in [0.15, 0.2) is 0 Å². The van der Waals surface area contributed by atoms with Gasteiger partial charge in [0.2, 0.25) is 0 Å². The average molecular weight is 101 g/mol. The number of hydrogen-bond acceptors (Lipinski definition) is 2. The van der Waals surface area contributed by atoms with E-state index < -0.39 is 0 Å². The molecule has 0 aromatic rings. The highest BCUT2D eigenvalue weighted by molar-refractivity contribution is 6.40. The first-order chi connectivity index (χ1) is 3.00. The van der Waals surface area contributed by atoms with Crippen molar-refractivity contribution in [3.05, 3.63) is 0 Å². The predicted molar refractivity (Wildman–Crippen MR) is 23.5 cm³/mol. The first-order valence-corrected chi connectivity index (χ1v) is 2.84. The quantitative estimate of drug-likeness (QED) is 0.310. The molecule has 0 aliphatic carbocycles. The monoisotopic (exact) mass is 101 g/mol. The molecule has 0 aromatic carbocycles. The SMILES string of the molecule is C1=[Si]OOCC1. The molecule has 0 atom stereocenters. The third-order valence-electron chi connectivity index (χ3n) is 0.536. The summed E-state index contributed by atoms with van der Waals surface area (Å²) in [6.45, 7) is 0.729. The lowest BCUT2D eigenvalue weighted by Crippen LogP contribution is -2.05. The van der Waals surface area contributed by atoms with Crippen LogP contribution in [0.3, 0.4) is 0 Å². The van der Waals surface area contributed by atoms with E-state index in [-0.39, 0.29) is 0 Å². The Labute approximate surface area is 38.6 Å². The molecule has 1 rings (SSSR count). The Hall–Kier alpha value is -0.153. The number of rotatable bonds is 0. The molecule has 6 heavy (non-hydrogen) atoms. The van der Waals surface area contributed by atoms with Crippen molar-refractivity contribution in [1.82, 2.24) is 0 Å². The van der Waals surface area contributed by atoms with Crippen LogP contribution in [0.25, 0.3) is 0 Å². The fraction of sp³-hybridized carbons (Fsp3) is 0.667. The average Bonchev–Trinajstić information content (AvgIpc) is 1.72. The van der Waals surface area contributed by atoms with Crippen LogP contribution in [-0.4, -0.2) is 21.7 Å². The largest absolute Gasteiger partial charge is 0.407 e. The van der Waals surface area contributed by atoms with E-state index in [1.54, 1.807) is 0 Å². The van der Waals surface area contributed by atoms with Crippen LogP contribution >= 0.6 is 0 Å². The van der Waals surface area contributed by atoms with Gasteiger partial charge in [-0.25, -0.2) is 4.89 Å². The maximum absolute atomic E-state index is 4.55. The van der Waals surface area contributed by atoms with Crippen LogP contribution in [0, 0.1) is 0 Å². The molecule has 0 unspecified atom stereocenters. The fourth-order valence-electron chi connectivity index (χ4n) is 0.276. The minimum Gasteiger partial charge on any atom is -0.407 e. The van der Waals surface area contributed by atoms with Crippen molar-refractivity contribution in [2.24, 2.45) is 0 Å². The predicted octanol–water partition coefficient (Wildman–Crippen LogP) is -0.240. The van der Waals surface area contributed by atoms with Crippen LogP contribution in [0.5, 0.6) is 0 Å². The van der Waals surface area contributed by atoms with Crippen molar-refractivity contribution < 1.29 is 9.46 Å². The van der Waals surface area contributed by atoms with Gasteiger partial charge >= 0.3 is 9.38 Å². The summed E-state index contributed by atoms with van der Waals surface area (Å²) in [5.41, 5.74) is 2.07. The van der Waals surface area contributed by atoms with Crippen LogP contribution in [0.1, 0.15) is 6.42 Å². The third kappa shape index (κ3) is 0.912. The molecule has 33 valence electrons. The number of hydrogen-bond donors (Lipinski definition) is 0. The molecule has 1 aliphatic heterocycles. The molecular weight excluding hydrogens is 96.1 g/mol. The smallest absolute Gasteiger partial charge is 0.337 e. The summed E-state index contributed by atoms with van der Waals surface area (Å²) < 4.78 is 4.54. The van der Waals surface area contributed by atoms with Crippen LogP contribution < -0.4 is 0 Å². The van der Waals surface area contributed by atoms with Gasteiger partial charge in [0.15, 0.2) is 0 Å². The molecule has 0 spiro atoms. The summed E-state index contributed by atoms with van der Waals surface area (Å²) in [6, 6.07) is 0. The van der Waals surface area contributed by atoms with E-state index in [2.05, 4.69) is 15.1 Å². The van der Waals surface area contributed by atoms with Gasteiger partial charge in [0.25, 0.3) is 0 Å². The molecule has 0 fully saturated rings. The first kappa shape index (κ1) is 4.02. The molecule has 0 aromatic heterocycles. The van der Waals surface area contributed by atoms with Gasteiger partial charge in [0, 0.05) is 0 Å². The zero-order chi connectivity index (χ0) is 4.24. The zero-order valence-corrected chi connectivity index (χ0v) is 4.31. The van der Waals surface area contributed by atoms with Crippen molar-refractivity contribution >= 4 is 15.0 Å². The van der Waals surface area contributed by atoms with Crippen molar-refractivity contribution in [3.8, 4) is 0 Å². The summed E-state index contributed by atoms with van der Waals surface area (Å²) in [4.78, 5) is 4.55. The third-order valence-corrected chi connectivity index (χ3v) is 1.21. The van der Waals surface area contributed by atoms with Crippen molar-refractivity contribution in [2.75, 3.05) is 6.61 Å². The second-order valence-electron chi connectivity index (χ2n) is 1.02. The van der Waals surface area contributed by atoms with Crippen LogP contribution in [0.4, 0.5) is 0 Å². The van der Waals surface area contributed by atoms with Gasteiger partial charge < -0.3 is 4.58 Å². The maximum atomic E-state index is 4.55. The standard InChI is InChI=1S/C3H5O2Si/c1-2-4-5-6-3-1/h3H,1-2H2. The second-order valence-corrected chi connectivity index (χ2v) is 1.83. The molecule has 1 radical (unpaired) electrons. The van der Waals surface area contributed by atoms with Crippen molar-refractivity contribution in [3.63, 3.8) is 0 Å². The van der Waals surface area contributed by atoms with E-state index in [4.69, 9.17) is 0 Å². The molecule has 0 bridgehead atoms. The van der Waals surface area contributed by atoms with Gasteiger partial charge in [-0.3, -0.25) is 0 Å². The Morgan fingerprint density at radius 2 is 2.67 bits per heavy atom. The van der Waals surface area contributed by atoms with Crippen molar-refractivity contribution in [1.29, 1.82) is 0 Å². The van der Waals surface area contributed by atoms with Gasteiger partial charge in [-0.1, -0.05) is 5.67 Å². The van der Waals surface area contributed by atoms with Crippen molar-refractivity contribution in [2.45, 2.75) is 6.42 Å². The Morgan fingerprint density at radius 3 is 2.83 bits per heavy atom. The van der Waals surface area contributed by atoms with Gasteiger partial charge in [0.1, 0.15) is 0 Å². The highest BCUT2D eigenvalue weighted by atomic mass is 28.2. The molecule has 2 nitrogen and oxygen atoms in total. The van der Waals surface area contributed by atoms with Gasteiger partial charge in [-0.15, -0.1) is 0 Å².